The average Bonchev–Trinajstić information content (AvgIpc) is 2.42. The Morgan fingerprint density at radius 3 is 2.32 bits per heavy atom. The third-order valence-corrected chi connectivity index (χ3v) is 4.92. The van der Waals surface area contributed by atoms with Gasteiger partial charge in [-0.1, -0.05) is 39.0 Å². The minimum Gasteiger partial charge on any atom is -0.352 e. The van der Waals surface area contributed by atoms with Crippen LogP contribution in [0.25, 0.3) is 0 Å². The lowest BCUT2D eigenvalue weighted by atomic mass is 9.85. The van der Waals surface area contributed by atoms with Crippen molar-refractivity contribution in [3.05, 3.63) is 0 Å². The lowest BCUT2D eigenvalue weighted by Gasteiger charge is -2.32. The molecule has 2 N–H and O–H groups in total. The highest BCUT2D eigenvalue weighted by molar-refractivity contribution is 5.81. The molecule has 0 radical (unpaired) electrons. The van der Waals surface area contributed by atoms with Gasteiger partial charge in [-0.3, -0.25) is 4.79 Å². The summed E-state index contributed by atoms with van der Waals surface area (Å²) in [6, 6.07) is 0.905. The van der Waals surface area contributed by atoms with Gasteiger partial charge in [-0.2, -0.15) is 0 Å². The SMILES string of the molecule is CC(NC1CCCCC1C)C(=O)NC1CCCCC1. The summed E-state index contributed by atoms with van der Waals surface area (Å²) in [4.78, 5) is 12.2. The summed E-state index contributed by atoms with van der Waals surface area (Å²) in [5.74, 6) is 0.906. The van der Waals surface area contributed by atoms with Crippen LogP contribution in [0.5, 0.6) is 0 Å². The largest absolute Gasteiger partial charge is 0.352 e. The van der Waals surface area contributed by atoms with Gasteiger partial charge in [0.2, 0.25) is 5.91 Å². The van der Waals surface area contributed by atoms with Crippen LogP contribution in [-0.2, 0) is 4.79 Å². The molecule has 3 unspecified atom stereocenters. The number of hydrogen-bond donors (Lipinski definition) is 2. The minimum absolute atomic E-state index is 0.0486. The molecule has 0 bridgehead atoms. The Labute approximate surface area is 117 Å². The molecule has 110 valence electrons. The maximum absolute atomic E-state index is 12.2. The number of carbonyl (C=O) groups excluding carboxylic acids is 1. The Morgan fingerprint density at radius 2 is 1.63 bits per heavy atom. The van der Waals surface area contributed by atoms with Crippen LogP contribution in [-0.4, -0.2) is 24.0 Å². The molecule has 0 spiro atoms. The molecular weight excluding hydrogens is 236 g/mol. The number of nitrogens with one attached hydrogen (secondary N) is 2. The van der Waals surface area contributed by atoms with Gasteiger partial charge in [0.15, 0.2) is 0 Å². The number of rotatable bonds is 4. The van der Waals surface area contributed by atoms with Crippen molar-refractivity contribution in [3.8, 4) is 0 Å². The Morgan fingerprint density at radius 1 is 1.00 bits per heavy atom. The van der Waals surface area contributed by atoms with Crippen molar-refractivity contribution in [2.24, 2.45) is 5.92 Å². The summed E-state index contributed by atoms with van der Waals surface area (Å²) in [6.45, 7) is 4.32. The van der Waals surface area contributed by atoms with Crippen LogP contribution in [0.4, 0.5) is 0 Å². The summed E-state index contributed by atoms with van der Waals surface area (Å²) in [5, 5.41) is 6.77. The van der Waals surface area contributed by atoms with Gasteiger partial charge in [-0.25, -0.2) is 0 Å². The maximum atomic E-state index is 12.2. The van der Waals surface area contributed by atoms with E-state index < -0.39 is 0 Å². The van der Waals surface area contributed by atoms with Gasteiger partial charge in [-0.05, 0) is 38.5 Å². The number of hydrogen-bond acceptors (Lipinski definition) is 2. The van der Waals surface area contributed by atoms with Crippen molar-refractivity contribution in [2.75, 3.05) is 0 Å². The maximum Gasteiger partial charge on any atom is 0.237 e. The molecule has 19 heavy (non-hydrogen) atoms. The predicted octanol–water partition coefficient (Wildman–Crippen LogP) is 2.99. The van der Waals surface area contributed by atoms with Crippen molar-refractivity contribution < 1.29 is 4.79 Å². The molecule has 3 atom stereocenters. The third kappa shape index (κ3) is 4.48. The van der Waals surface area contributed by atoms with Crippen LogP contribution in [0, 0.1) is 5.92 Å². The lowest BCUT2D eigenvalue weighted by molar-refractivity contribution is -0.124. The molecule has 0 aromatic rings. The Balaban J connectivity index is 1.74. The summed E-state index contributed by atoms with van der Waals surface area (Å²) in [7, 11) is 0. The van der Waals surface area contributed by atoms with Crippen LogP contribution >= 0.6 is 0 Å². The summed E-state index contributed by atoms with van der Waals surface area (Å²) < 4.78 is 0. The average molecular weight is 266 g/mol. The van der Waals surface area contributed by atoms with E-state index >= 15 is 0 Å². The third-order valence-electron chi connectivity index (χ3n) is 4.92. The topological polar surface area (TPSA) is 41.1 Å². The second-order valence-corrected chi connectivity index (χ2v) is 6.60. The van der Waals surface area contributed by atoms with E-state index in [4.69, 9.17) is 0 Å². The van der Waals surface area contributed by atoms with E-state index in [1.807, 2.05) is 6.92 Å². The van der Waals surface area contributed by atoms with Gasteiger partial charge in [-0.15, -0.1) is 0 Å². The number of amides is 1. The van der Waals surface area contributed by atoms with Gasteiger partial charge in [0.05, 0.1) is 6.04 Å². The summed E-state index contributed by atoms with van der Waals surface area (Å²) in [6.07, 6.45) is 11.4. The molecule has 3 nitrogen and oxygen atoms in total. The van der Waals surface area contributed by atoms with Crippen LogP contribution < -0.4 is 10.6 Å². The van der Waals surface area contributed by atoms with E-state index in [1.54, 1.807) is 0 Å². The molecule has 3 heteroatoms. The molecule has 0 aliphatic heterocycles. The minimum atomic E-state index is -0.0486. The summed E-state index contributed by atoms with van der Waals surface area (Å²) >= 11 is 0. The second kappa shape index (κ2) is 7.28. The lowest BCUT2D eigenvalue weighted by Crippen LogP contribution is -2.51. The van der Waals surface area contributed by atoms with Crippen LogP contribution in [0.3, 0.4) is 0 Å². The second-order valence-electron chi connectivity index (χ2n) is 6.60. The standard InChI is InChI=1S/C16H30N2O/c1-12-8-6-7-11-15(12)17-13(2)16(19)18-14-9-4-3-5-10-14/h12-15,17H,3-11H2,1-2H3,(H,18,19). The van der Waals surface area contributed by atoms with Crippen LogP contribution in [0.1, 0.15) is 71.6 Å². The Hall–Kier alpha value is -0.570. The Kier molecular flexibility index (Phi) is 5.68. The van der Waals surface area contributed by atoms with Gasteiger partial charge in [0, 0.05) is 12.1 Å². The van der Waals surface area contributed by atoms with E-state index in [1.165, 1.54) is 44.9 Å². The molecule has 1 amide bonds. The fourth-order valence-electron chi connectivity index (χ4n) is 3.53. The normalized spacial score (nSPS) is 30.8. The molecule has 0 aromatic carbocycles. The van der Waals surface area contributed by atoms with Crippen molar-refractivity contribution in [1.29, 1.82) is 0 Å². The molecule has 0 aromatic heterocycles. The van der Waals surface area contributed by atoms with E-state index in [-0.39, 0.29) is 11.9 Å². The Bertz CT molecular complexity index is 286. The molecule has 0 saturated heterocycles. The number of carbonyl (C=O) groups is 1. The van der Waals surface area contributed by atoms with Crippen LogP contribution in [0.15, 0.2) is 0 Å². The van der Waals surface area contributed by atoms with Crippen molar-refractivity contribution in [3.63, 3.8) is 0 Å². The molecule has 2 saturated carbocycles. The van der Waals surface area contributed by atoms with Crippen LogP contribution in [0.2, 0.25) is 0 Å². The van der Waals surface area contributed by atoms with Crippen molar-refractivity contribution in [2.45, 2.75) is 89.8 Å². The van der Waals surface area contributed by atoms with E-state index in [0.29, 0.717) is 18.0 Å². The quantitative estimate of drug-likeness (QED) is 0.821. The van der Waals surface area contributed by atoms with E-state index in [0.717, 1.165) is 12.8 Å². The predicted molar refractivity (Wildman–Crippen MR) is 79.0 cm³/mol. The summed E-state index contributed by atoms with van der Waals surface area (Å²) in [5.41, 5.74) is 0. The van der Waals surface area contributed by atoms with Gasteiger partial charge in [0.1, 0.15) is 0 Å². The zero-order valence-corrected chi connectivity index (χ0v) is 12.6. The fourth-order valence-corrected chi connectivity index (χ4v) is 3.53. The highest BCUT2D eigenvalue weighted by Gasteiger charge is 2.26. The highest BCUT2D eigenvalue weighted by Crippen LogP contribution is 2.24. The first-order valence-electron chi connectivity index (χ1n) is 8.23. The van der Waals surface area contributed by atoms with Gasteiger partial charge >= 0.3 is 0 Å². The van der Waals surface area contributed by atoms with E-state index in [9.17, 15) is 4.79 Å². The smallest absolute Gasteiger partial charge is 0.237 e. The monoisotopic (exact) mass is 266 g/mol. The molecule has 0 heterocycles. The molecule has 2 aliphatic rings. The van der Waals surface area contributed by atoms with Crippen molar-refractivity contribution >= 4 is 5.91 Å². The van der Waals surface area contributed by atoms with Gasteiger partial charge in [0.25, 0.3) is 0 Å². The van der Waals surface area contributed by atoms with E-state index in [2.05, 4.69) is 17.6 Å². The highest BCUT2D eigenvalue weighted by atomic mass is 16.2. The first-order valence-corrected chi connectivity index (χ1v) is 8.23. The molecule has 2 rings (SSSR count). The molecular formula is C16H30N2O. The van der Waals surface area contributed by atoms with Gasteiger partial charge < -0.3 is 10.6 Å². The molecule has 2 aliphatic carbocycles. The zero-order valence-electron chi connectivity index (χ0n) is 12.6. The zero-order chi connectivity index (χ0) is 13.7. The molecule has 2 fully saturated rings. The van der Waals surface area contributed by atoms with Crippen molar-refractivity contribution in [1.82, 2.24) is 10.6 Å². The first-order chi connectivity index (χ1) is 9.16. The first kappa shape index (κ1) is 14.8. The fraction of sp³-hybridized carbons (Fsp3) is 0.938.